The van der Waals surface area contributed by atoms with Crippen LogP contribution < -0.4 is 15.4 Å². The number of aliphatic hydroxyl groups is 2. The number of rotatable bonds is 13. The van der Waals surface area contributed by atoms with Gasteiger partial charge in [-0.3, -0.25) is 14.9 Å². The molecule has 0 spiro atoms. The number of Topliss-reactive ketones (excluding diaryl/α,β-unsaturated/α-hetero) is 2. The first kappa shape index (κ1) is 41.4. The van der Waals surface area contributed by atoms with E-state index in [4.69, 9.17) is 9.47 Å². The number of anilines is 1. The highest BCUT2D eigenvalue weighted by molar-refractivity contribution is 8.76. The van der Waals surface area contributed by atoms with Gasteiger partial charge in [-0.1, -0.05) is 58.3 Å². The third-order valence-corrected chi connectivity index (χ3v) is 12.0. The summed E-state index contributed by atoms with van der Waals surface area (Å²) in [6, 6.07) is 18.5. The summed E-state index contributed by atoms with van der Waals surface area (Å²) in [5.74, 6) is 2.14. The molecule has 0 aliphatic carbocycles. The number of fused-ring (bicyclic) bond motifs is 5. The maximum absolute atomic E-state index is 13.9. The Morgan fingerprint density at radius 1 is 0.981 bits per heavy atom. The molecule has 290 valence electrons. The van der Waals surface area contributed by atoms with Crippen molar-refractivity contribution in [3.63, 3.8) is 0 Å². The van der Waals surface area contributed by atoms with E-state index in [0.717, 1.165) is 63.6 Å². The summed E-state index contributed by atoms with van der Waals surface area (Å²) < 4.78 is 12.5. The molecule has 0 bridgehead atoms. The van der Waals surface area contributed by atoms with E-state index in [1.54, 1.807) is 39.8 Å². The Hall–Kier alpha value is -3.78. The summed E-state index contributed by atoms with van der Waals surface area (Å²) in [6.45, 7) is 2.10. The van der Waals surface area contributed by atoms with Crippen molar-refractivity contribution in [2.75, 3.05) is 37.9 Å². The number of phenolic OH excluding ortho intramolecular Hbond substituents is 2. The van der Waals surface area contributed by atoms with E-state index >= 15 is 0 Å². The number of nitrogens with one attached hydrogen (secondary N) is 2. The number of hydrogen-bond donors (Lipinski definition) is 6. The van der Waals surface area contributed by atoms with Crippen molar-refractivity contribution in [1.82, 2.24) is 5.32 Å². The van der Waals surface area contributed by atoms with Crippen LogP contribution in [0.5, 0.6) is 17.2 Å². The zero-order valence-corrected chi connectivity index (χ0v) is 32.7. The topological polar surface area (TPSA) is 158 Å². The van der Waals surface area contributed by atoms with Gasteiger partial charge < -0.3 is 35.2 Å². The number of methoxy groups -OCH3 is 1. The van der Waals surface area contributed by atoms with E-state index in [1.807, 2.05) is 42.5 Å². The first-order valence-electron chi connectivity index (χ1n) is 18.6. The molecule has 1 aliphatic rings. The molecule has 0 saturated heterocycles. The second kappa shape index (κ2) is 20.8. The van der Waals surface area contributed by atoms with E-state index in [1.165, 1.54) is 14.0 Å². The monoisotopic (exact) mass is 776 g/mol. The second-order valence-electron chi connectivity index (χ2n) is 13.6. The highest BCUT2D eigenvalue weighted by Gasteiger charge is 2.25. The minimum absolute atomic E-state index is 0.0129. The van der Waals surface area contributed by atoms with Gasteiger partial charge in [0.25, 0.3) is 0 Å². The number of carbonyl (C=O) groups is 2. The molecule has 4 aromatic carbocycles. The maximum Gasteiger partial charge on any atom is 0.168 e. The normalized spacial score (nSPS) is 16.4. The standard InChI is InChI=1S/C42H52N2O8S2/c1-27(47)24-44-38-16-11-30(21-31(38)25-46)42(43-18-4-5-19-45)52-34-7-3-6-20-53-54-26-37-35(15-10-28-8-13-33(49)23-36(28)37)40-29(9-14-32(48)22-34)12-17-39(50)41(40)51-2/h8,10-13,15-17,21,23,34,42-46,49-50H,3-7,9,14,18-20,22,24-26H2,1-2H3/t34-,42+/m1/s1. The van der Waals surface area contributed by atoms with Crippen molar-refractivity contribution < 1.29 is 39.5 Å². The minimum Gasteiger partial charge on any atom is -0.508 e. The van der Waals surface area contributed by atoms with Crippen LogP contribution in [0.25, 0.3) is 21.9 Å². The lowest BCUT2D eigenvalue weighted by molar-refractivity contribution is -0.124. The Labute approximate surface area is 325 Å². The van der Waals surface area contributed by atoms with Crippen LogP contribution >= 0.6 is 21.6 Å². The number of benzene rings is 4. The van der Waals surface area contributed by atoms with Gasteiger partial charge in [-0.2, -0.15) is 0 Å². The summed E-state index contributed by atoms with van der Waals surface area (Å²) in [5, 5.41) is 49.4. The van der Waals surface area contributed by atoms with Gasteiger partial charge in [-0.25, -0.2) is 0 Å². The third kappa shape index (κ3) is 11.1. The molecule has 0 amide bonds. The number of aliphatic hydroxyl groups excluding tert-OH is 2. The maximum atomic E-state index is 13.9. The van der Waals surface area contributed by atoms with Gasteiger partial charge in [0.2, 0.25) is 0 Å². The van der Waals surface area contributed by atoms with Crippen molar-refractivity contribution in [3.8, 4) is 28.4 Å². The van der Waals surface area contributed by atoms with Crippen molar-refractivity contribution in [2.24, 2.45) is 0 Å². The molecule has 0 saturated carbocycles. The van der Waals surface area contributed by atoms with Crippen LogP contribution in [0.1, 0.15) is 80.4 Å². The molecule has 5 rings (SSSR count). The first-order chi connectivity index (χ1) is 26.2. The Kier molecular flexibility index (Phi) is 15.9. The number of aryl methyl sites for hydroxylation is 1. The lowest BCUT2D eigenvalue weighted by Gasteiger charge is -2.27. The molecule has 6 N–H and O–H groups in total. The predicted molar refractivity (Wildman–Crippen MR) is 218 cm³/mol. The molecule has 4 aromatic rings. The molecule has 12 heteroatoms. The van der Waals surface area contributed by atoms with Gasteiger partial charge in [0.15, 0.2) is 11.5 Å². The van der Waals surface area contributed by atoms with Crippen LogP contribution in [-0.2, 0) is 33.1 Å². The summed E-state index contributed by atoms with van der Waals surface area (Å²) in [6.07, 6.45) is 3.81. The van der Waals surface area contributed by atoms with E-state index in [9.17, 15) is 30.0 Å². The van der Waals surface area contributed by atoms with Crippen molar-refractivity contribution in [2.45, 2.75) is 83.0 Å². The fourth-order valence-corrected chi connectivity index (χ4v) is 9.09. The van der Waals surface area contributed by atoms with E-state index in [-0.39, 0.29) is 61.8 Å². The van der Waals surface area contributed by atoms with Crippen molar-refractivity contribution in [1.29, 1.82) is 0 Å². The average Bonchev–Trinajstić information content (AvgIpc) is 3.16. The molecule has 0 radical (unpaired) electrons. The summed E-state index contributed by atoms with van der Waals surface area (Å²) in [7, 11) is 5.07. The largest absolute Gasteiger partial charge is 0.508 e. The second-order valence-corrected chi connectivity index (χ2v) is 16.2. The van der Waals surface area contributed by atoms with Crippen LogP contribution in [0.2, 0.25) is 0 Å². The molecule has 54 heavy (non-hydrogen) atoms. The lowest BCUT2D eigenvalue weighted by Crippen LogP contribution is -2.31. The Morgan fingerprint density at radius 3 is 2.59 bits per heavy atom. The molecule has 0 unspecified atom stereocenters. The fourth-order valence-electron chi connectivity index (χ4n) is 6.83. The van der Waals surface area contributed by atoms with Crippen molar-refractivity contribution >= 4 is 49.6 Å². The quantitative estimate of drug-likeness (QED) is 0.0445. The van der Waals surface area contributed by atoms with Crippen LogP contribution in [0, 0.1) is 0 Å². The smallest absolute Gasteiger partial charge is 0.168 e. The van der Waals surface area contributed by atoms with Gasteiger partial charge in [-0.05, 0) is 109 Å². The summed E-state index contributed by atoms with van der Waals surface area (Å²) >= 11 is 0. The van der Waals surface area contributed by atoms with E-state index in [2.05, 4.69) is 10.6 Å². The average molecular weight is 777 g/mol. The van der Waals surface area contributed by atoms with Gasteiger partial charge in [0.05, 0.1) is 26.4 Å². The Balaban J connectivity index is 1.44. The molecule has 0 aromatic heterocycles. The zero-order valence-electron chi connectivity index (χ0n) is 31.1. The fraction of sp³-hybridized carbons (Fsp3) is 0.429. The first-order valence-corrected chi connectivity index (χ1v) is 21.1. The van der Waals surface area contributed by atoms with Crippen LogP contribution in [0.4, 0.5) is 5.69 Å². The van der Waals surface area contributed by atoms with E-state index in [0.29, 0.717) is 48.6 Å². The molecule has 0 fully saturated rings. The number of ketones is 2. The predicted octanol–water partition coefficient (Wildman–Crippen LogP) is 7.82. The highest BCUT2D eigenvalue weighted by atomic mass is 33.1. The minimum atomic E-state index is -0.567. The van der Waals surface area contributed by atoms with Gasteiger partial charge >= 0.3 is 0 Å². The van der Waals surface area contributed by atoms with Gasteiger partial charge in [-0.15, -0.1) is 0 Å². The molecular formula is C42H52N2O8S2. The summed E-state index contributed by atoms with van der Waals surface area (Å²) in [4.78, 5) is 25.4. The number of aromatic hydroxyl groups is 2. The number of phenols is 2. The molecular weight excluding hydrogens is 725 g/mol. The zero-order chi connectivity index (χ0) is 38.5. The van der Waals surface area contributed by atoms with E-state index < -0.39 is 6.23 Å². The Morgan fingerprint density at radius 2 is 1.81 bits per heavy atom. The number of carbonyl (C=O) groups excluding carboxylic acids is 2. The summed E-state index contributed by atoms with van der Waals surface area (Å²) in [5.41, 5.74) is 5.64. The molecule has 1 heterocycles. The highest BCUT2D eigenvalue weighted by Crippen LogP contribution is 2.45. The molecule has 10 nitrogen and oxygen atoms in total. The number of hydrogen-bond acceptors (Lipinski definition) is 12. The molecule has 2 atom stereocenters. The third-order valence-electron chi connectivity index (χ3n) is 9.61. The molecule has 1 aliphatic heterocycles. The van der Waals surface area contributed by atoms with Crippen LogP contribution in [-0.4, -0.2) is 70.7 Å². The van der Waals surface area contributed by atoms with Crippen molar-refractivity contribution in [3.05, 3.63) is 82.9 Å². The van der Waals surface area contributed by atoms with Gasteiger partial charge in [0, 0.05) is 47.8 Å². The SMILES string of the molecule is COc1c(O)ccc2c1-c1ccc3ccc(O)cc3c1CSSCCCC[C@@H](O[C@H](NCCCCO)c1ccc(NCC(C)=O)c(CO)c1)CC(=O)CC2. The Bertz CT molecular complexity index is 1890. The number of ether oxygens (including phenoxy) is 2. The van der Waals surface area contributed by atoms with Crippen LogP contribution in [0.3, 0.4) is 0 Å². The lowest BCUT2D eigenvalue weighted by atomic mass is 9.89. The number of unbranched alkanes of at least 4 members (excludes halogenated alkanes) is 1. The van der Waals surface area contributed by atoms with Gasteiger partial charge in [0.1, 0.15) is 23.5 Å². The van der Waals surface area contributed by atoms with Crippen LogP contribution in [0.15, 0.2) is 60.7 Å².